The fourth-order valence-corrected chi connectivity index (χ4v) is 2.90. The summed E-state index contributed by atoms with van der Waals surface area (Å²) in [5, 5.41) is 10.2. The minimum atomic E-state index is -0.325. The molecule has 1 N–H and O–H groups in total. The molecule has 18 heavy (non-hydrogen) atoms. The maximum absolute atomic E-state index is 10.2. The molecule has 2 heteroatoms. The molecule has 0 heterocycles. The summed E-state index contributed by atoms with van der Waals surface area (Å²) >= 11 is 0. The summed E-state index contributed by atoms with van der Waals surface area (Å²) in [6.07, 6.45) is 5.91. The third-order valence-corrected chi connectivity index (χ3v) is 4.13. The van der Waals surface area contributed by atoms with Crippen molar-refractivity contribution in [2.45, 2.75) is 51.2 Å². The van der Waals surface area contributed by atoms with E-state index in [0.717, 1.165) is 24.6 Å². The van der Waals surface area contributed by atoms with E-state index in [0.29, 0.717) is 0 Å². The molecule has 1 aromatic rings. The van der Waals surface area contributed by atoms with Gasteiger partial charge in [-0.25, -0.2) is 0 Å². The van der Waals surface area contributed by atoms with Crippen molar-refractivity contribution in [3.63, 3.8) is 0 Å². The van der Waals surface area contributed by atoms with Crippen molar-refractivity contribution in [2.24, 2.45) is 0 Å². The molecular formula is C16H25NO. The Balaban J connectivity index is 1.82. The summed E-state index contributed by atoms with van der Waals surface area (Å²) < 4.78 is 0. The van der Waals surface area contributed by atoms with E-state index in [1.807, 2.05) is 12.1 Å². The van der Waals surface area contributed by atoms with Crippen molar-refractivity contribution in [3.05, 3.63) is 35.4 Å². The lowest BCUT2D eigenvalue weighted by Gasteiger charge is -2.25. The molecule has 0 saturated heterocycles. The second kappa shape index (κ2) is 6.35. The number of aliphatic hydroxyl groups is 1. The van der Waals surface area contributed by atoms with Gasteiger partial charge in [0.2, 0.25) is 0 Å². The first-order valence-corrected chi connectivity index (χ1v) is 7.11. The van der Waals surface area contributed by atoms with E-state index in [4.69, 9.17) is 0 Å². The lowest BCUT2D eigenvalue weighted by Crippen LogP contribution is -2.30. The van der Waals surface area contributed by atoms with Crippen LogP contribution in [0, 0.1) is 6.92 Å². The minimum absolute atomic E-state index is 0.325. The molecule has 0 amide bonds. The molecule has 1 saturated carbocycles. The predicted octanol–water partition coefficient (Wildman–Crippen LogP) is 3.29. The van der Waals surface area contributed by atoms with Gasteiger partial charge in [0.15, 0.2) is 0 Å². The van der Waals surface area contributed by atoms with Crippen LogP contribution in [0.3, 0.4) is 0 Å². The Bertz CT molecular complexity index is 371. The van der Waals surface area contributed by atoms with E-state index < -0.39 is 0 Å². The summed E-state index contributed by atoms with van der Waals surface area (Å²) in [7, 11) is 2.19. The monoisotopic (exact) mass is 247 g/mol. The van der Waals surface area contributed by atoms with Gasteiger partial charge in [-0.05, 0) is 38.8 Å². The van der Waals surface area contributed by atoms with Gasteiger partial charge in [-0.3, -0.25) is 0 Å². The van der Waals surface area contributed by atoms with Crippen LogP contribution in [0.4, 0.5) is 0 Å². The Hall–Kier alpha value is -0.860. The van der Waals surface area contributed by atoms with Gasteiger partial charge in [0.1, 0.15) is 0 Å². The van der Waals surface area contributed by atoms with Crippen LogP contribution in [0.25, 0.3) is 0 Å². The molecule has 1 aliphatic carbocycles. The van der Waals surface area contributed by atoms with Gasteiger partial charge >= 0.3 is 0 Å². The van der Waals surface area contributed by atoms with Crippen LogP contribution in [0.5, 0.6) is 0 Å². The third kappa shape index (κ3) is 3.56. The lowest BCUT2D eigenvalue weighted by atomic mass is 10.0. The molecule has 0 aliphatic heterocycles. The summed E-state index contributed by atoms with van der Waals surface area (Å²) in [6, 6.07) is 8.94. The first kappa shape index (κ1) is 13.6. The SMILES string of the molecule is Cc1cccc(C(O)CCN(C)C2CCCC2)c1. The number of hydrogen-bond acceptors (Lipinski definition) is 2. The zero-order valence-electron chi connectivity index (χ0n) is 11.6. The number of benzene rings is 1. The smallest absolute Gasteiger partial charge is 0.0802 e. The Morgan fingerprint density at radius 1 is 1.33 bits per heavy atom. The highest BCUT2D eigenvalue weighted by molar-refractivity contribution is 5.23. The van der Waals surface area contributed by atoms with E-state index in [9.17, 15) is 5.11 Å². The zero-order valence-corrected chi connectivity index (χ0v) is 11.6. The largest absolute Gasteiger partial charge is 0.388 e. The highest BCUT2D eigenvalue weighted by Crippen LogP contribution is 2.24. The Kier molecular flexibility index (Phi) is 4.79. The molecule has 2 rings (SSSR count). The van der Waals surface area contributed by atoms with Gasteiger partial charge in [0.05, 0.1) is 6.10 Å². The van der Waals surface area contributed by atoms with E-state index in [1.54, 1.807) is 0 Å². The quantitative estimate of drug-likeness (QED) is 0.863. The Labute approximate surface area is 111 Å². The highest BCUT2D eigenvalue weighted by Gasteiger charge is 2.20. The van der Waals surface area contributed by atoms with Crippen LogP contribution in [0.1, 0.15) is 49.3 Å². The van der Waals surface area contributed by atoms with E-state index in [1.165, 1.54) is 31.2 Å². The number of aryl methyl sites for hydroxylation is 1. The van der Waals surface area contributed by atoms with Crippen molar-refractivity contribution in [1.29, 1.82) is 0 Å². The van der Waals surface area contributed by atoms with Crippen molar-refractivity contribution in [2.75, 3.05) is 13.6 Å². The molecule has 0 aromatic heterocycles. The van der Waals surface area contributed by atoms with Crippen LogP contribution in [-0.2, 0) is 0 Å². The highest BCUT2D eigenvalue weighted by atomic mass is 16.3. The number of rotatable bonds is 5. The zero-order chi connectivity index (χ0) is 13.0. The molecule has 1 fully saturated rings. The number of hydrogen-bond donors (Lipinski definition) is 1. The van der Waals surface area contributed by atoms with Crippen molar-refractivity contribution >= 4 is 0 Å². The maximum atomic E-state index is 10.2. The average molecular weight is 247 g/mol. The third-order valence-electron chi connectivity index (χ3n) is 4.13. The first-order valence-electron chi connectivity index (χ1n) is 7.11. The van der Waals surface area contributed by atoms with Gasteiger partial charge in [-0.2, -0.15) is 0 Å². The first-order chi connectivity index (χ1) is 8.66. The molecule has 0 radical (unpaired) electrons. The minimum Gasteiger partial charge on any atom is -0.388 e. The topological polar surface area (TPSA) is 23.5 Å². The molecule has 100 valence electrons. The lowest BCUT2D eigenvalue weighted by molar-refractivity contribution is 0.137. The normalized spacial score (nSPS) is 18.4. The van der Waals surface area contributed by atoms with Gasteiger partial charge in [0, 0.05) is 12.6 Å². The van der Waals surface area contributed by atoms with E-state index in [2.05, 4.69) is 31.0 Å². The predicted molar refractivity (Wildman–Crippen MR) is 75.6 cm³/mol. The summed E-state index contributed by atoms with van der Waals surface area (Å²) in [5.74, 6) is 0. The van der Waals surface area contributed by atoms with E-state index in [-0.39, 0.29) is 6.10 Å². The van der Waals surface area contributed by atoms with Crippen molar-refractivity contribution < 1.29 is 5.11 Å². The van der Waals surface area contributed by atoms with Crippen LogP contribution >= 0.6 is 0 Å². The second-order valence-corrected chi connectivity index (χ2v) is 5.64. The van der Waals surface area contributed by atoms with E-state index >= 15 is 0 Å². The molecular weight excluding hydrogens is 222 g/mol. The van der Waals surface area contributed by atoms with Crippen LogP contribution in [0.15, 0.2) is 24.3 Å². The Morgan fingerprint density at radius 3 is 2.72 bits per heavy atom. The van der Waals surface area contributed by atoms with Gasteiger partial charge < -0.3 is 10.0 Å². The van der Waals surface area contributed by atoms with Gasteiger partial charge in [0.25, 0.3) is 0 Å². The molecule has 1 atom stereocenters. The average Bonchev–Trinajstić information content (AvgIpc) is 2.89. The van der Waals surface area contributed by atoms with Crippen molar-refractivity contribution in [3.8, 4) is 0 Å². The summed E-state index contributed by atoms with van der Waals surface area (Å²) in [6.45, 7) is 3.06. The second-order valence-electron chi connectivity index (χ2n) is 5.64. The van der Waals surface area contributed by atoms with Crippen molar-refractivity contribution in [1.82, 2.24) is 4.90 Å². The molecule has 0 bridgehead atoms. The standard InChI is InChI=1S/C16H25NO/c1-13-6-5-7-14(12-13)16(18)10-11-17(2)15-8-3-4-9-15/h5-7,12,15-16,18H,3-4,8-11H2,1-2H3. The van der Waals surface area contributed by atoms with Gasteiger partial charge in [-0.1, -0.05) is 42.7 Å². The fraction of sp³-hybridized carbons (Fsp3) is 0.625. The number of nitrogens with zero attached hydrogens (tertiary/aromatic N) is 1. The summed E-state index contributed by atoms with van der Waals surface area (Å²) in [5.41, 5.74) is 2.27. The van der Waals surface area contributed by atoms with Crippen LogP contribution < -0.4 is 0 Å². The molecule has 1 aromatic carbocycles. The molecule has 2 nitrogen and oxygen atoms in total. The van der Waals surface area contributed by atoms with Crippen LogP contribution in [-0.4, -0.2) is 29.6 Å². The molecule has 0 spiro atoms. The molecule has 1 aliphatic rings. The fourth-order valence-electron chi connectivity index (χ4n) is 2.90. The van der Waals surface area contributed by atoms with Gasteiger partial charge in [-0.15, -0.1) is 0 Å². The summed E-state index contributed by atoms with van der Waals surface area (Å²) in [4.78, 5) is 2.42. The molecule has 1 unspecified atom stereocenters. The maximum Gasteiger partial charge on any atom is 0.0802 e. The Morgan fingerprint density at radius 2 is 2.06 bits per heavy atom. The van der Waals surface area contributed by atoms with Crippen LogP contribution in [0.2, 0.25) is 0 Å². The number of aliphatic hydroxyl groups excluding tert-OH is 1.